The number of hydrogen-bond donors (Lipinski definition) is 1. The predicted molar refractivity (Wildman–Crippen MR) is 78.9 cm³/mol. The molecule has 0 saturated heterocycles. The highest BCUT2D eigenvalue weighted by Crippen LogP contribution is 2.22. The smallest absolute Gasteiger partial charge is 0.322 e. The number of ether oxygens (including phenoxy) is 1. The van der Waals surface area contributed by atoms with E-state index < -0.39 is 0 Å². The second kappa shape index (κ2) is 6.07. The number of fused-ring (bicyclic) bond motifs is 1. The average Bonchev–Trinajstić information content (AvgIpc) is 2.96. The molecule has 2 aromatic heterocycles. The van der Waals surface area contributed by atoms with E-state index in [9.17, 15) is 0 Å². The topological polar surface area (TPSA) is 77.8 Å². The standard InChI is InChI=1S/C14H20N6O/c1-3-8-15-12-17-13(19-14(18-12)21-2)20-9-16-10-6-4-5-7-11(10)20/h9H,3-8H2,1-2H3,(H,15,17,18,19). The third-order valence-corrected chi connectivity index (χ3v) is 3.56. The zero-order valence-corrected chi connectivity index (χ0v) is 12.5. The van der Waals surface area contributed by atoms with Gasteiger partial charge in [-0.3, -0.25) is 4.57 Å². The summed E-state index contributed by atoms with van der Waals surface area (Å²) in [5, 5.41) is 3.18. The fraction of sp³-hybridized carbons (Fsp3) is 0.571. The maximum Gasteiger partial charge on any atom is 0.322 e. The van der Waals surface area contributed by atoms with Gasteiger partial charge < -0.3 is 10.1 Å². The third-order valence-electron chi connectivity index (χ3n) is 3.56. The minimum atomic E-state index is 0.317. The van der Waals surface area contributed by atoms with Crippen LogP contribution in [0.5, 0.6) is 6.01 Å². The van der Waals surface area contributed by atoms with Crippen molar-refractivity contribution in [3.8, 4) is 12.0 Å². The molecule has 3 rings (SSSR count). The molecule has 0 saturated carbocycles. The quantitative estimate of drug-likeness (QED) is 0.903. The van der Waals surface area contributed by atoms with Crippen molar-refractivity contribution in [3.05, 3.63) is 17.7 Å². The third kappa shape index (κ3) is 2.81. The second-order valence-electron chi connectivity index (χ2n) is 5.09. The largest absolute Gasteiger partial charge is 0.467 e. The molecular weight excluding hydrogens is 268 g/mol. The number of anilines is 1. The van der Waals surface area contributed by atoms with Crippen LogP contribution in [0.25, 0.3) is 5.95 Å². The Morgan fingerprint density at radius 2 is 2.10 bits per heavy atom. The van der Waals surface area contributed by atoms with Crippen LogP contribution in [0.15, 0.2) is 6.33 Å². The molecule has 1 aliphatic rings. The van der Waals surface area contributed by atoms with Gasteiger partial charge in [-0.1, -0.05) is 6.92 Å². The van der Waals surface area contributed by atoms with Crippen molar-refractivity contribution in [2.45, 2.75) is 39.0 Å². The highest BCUT2D eigenvalue weighted by atomic mass is 16.5. The average molecular weight is 288 g/mol. The highest BCUT2D eigenvalue weighted by molar-refractivity contribution is 5.33. The molecule has 112 valence electrons. The van der Waals surface area contributed by atoms with Crippen LogP contribution >= 0.6 is 0 Å². The van der Waals surface area contributed by atoms with Crippen molar-refractivity contribution in [3.63, 3.8) is 0 Å². The van der Waals surface area contributed by atoms with Gasteiger partial charge >= 0.3 is 6.01 Å². The molecule has 0 atom stereocenters. The zero-order valence-electron chi connectivity index (χ0n) is 12.5. The van der Waals surface area contributed by atoms with Crippen LogP contribution in [-0.4, -0.2) is 38.2 Å². The predicted octanol–water partition coefficient (Wildman–Crippen LogP) is 1.77. The molecule has 2 heterocycles. The Hall–Kier alpha value is -2.18. The summed E-state index contributed by atoms with van der Waals surface area (Å²) >= 11 is 0. The SMILES string of the molecule is CCCNc1nc(OC)nc(-n2cnc3c2CCCC3)n1. The van der Waals surface area contributed by atoms with Gasteiger partial charge in [-0.25, -0.2) is 4.98 Å². The first-order valence-corrected chi connectivity index (χ1v) is 7.41. The summed E-state index contributed by atoms with van der Waals surface area (Å²) in [4.78, 5) is 17.5. The van der Waals surface area contributed by atoms with Crippen molar-refractivity contribution in [1.82, 2.24) is 24.5 Å². The Morgan fingerprint density at radius 3 is 2.90 bits per heavy atom. The molecule has 0 amide bonds. The molecule has 0 radical (unpaired) electrons. The molecule has 1 N–H and O–H groups in total. The van der Waals surface area contributed by atoms with Crippen LogP contribution in [0.2, 0.25) is 0 Å². The molecule has 1 aliphatic carbocycles. The number of aromatic nitrogens is 5. The molecule has 0 aliphatic heterocycles. The molecule has 0 spiro atoms. The van der Waals surface area contributed by atoms with Crippen LogP contribution in [0.1, 0.15) is 37.6 Å². The first-order valence-electron chi connectivity index (χ1n) is 7.41. The first kappa shape index (κ1) is 13.8. The fourth-order valence-electron chi connectivity index (χ4n) is 2.50. The van der Waals surface area contributed by atoms with Gasteiger partial charge in [0.15, 0.2) is 0 Å². The molecule has 0 fully saturated rings. The summed E-state index contributed by atoms with van der Waals surface area (Å²) in [5.41, 5.74) is 2.36. The van der Waals surface area contributed by atoms with Gasteiger partial charge in [0.25, 0.3) is 0 Å². The summed E-state index contributed by atoms with van der Waals surface area (Å²) < 4.78 is 7.14. The van der Waals surface area contributed by atoms with Crippen LogP contribution in [0.4, 0.5) is 5.95 Å². The first-order chi connectivity index (χ1) is 10.3. The van der Waals surface area contributed by atoms with E-state index in [0.29, 0.717) is 17.9 Å². The lowest BCUT2D eigenvalue weighted by Gasteiger charge is -2.13. The van der Waals surface area contributed by atoms with Gasteiger partial charge in [0, 0.05) is 12.2 Å². The number of aryl methyl sites for hydroxylation is 1. The Balaban J connectivity index is 1.98. The number of methoxy groups -OCH3 is 1. The van der Waals surface area contributed by atoms with E-state index in [1.54, 1.807) is 13.4 Å². The molecule has 21 heavy (non-hydrogen) atoms. The van der Waals surface area contributed by atoms with Crippen LogP contribution in [0, 0.1) is 0 Å². The van der Waals surface area contributed by atoms with Crippen LogP contribution < -0.4 is 10.1 Å². The lowest BCUT2D eigenvalue weighted by atomic mass is 10.0. The van der Waals surface area contributed by atoms with Gasteiger partial charge in [-0.2, -0.15) is 15.0 Å². The van der Waals surface area contributed by atoms with E-state index in [0.717, 1.165) is 31.5 Å². The molecule has 7 nitrogen and oxygen atoms in total. The van der Waals surface area contributed by atoms with Gasteiger partial charge in [-0.05, 0) is 32.1 Å². The zero-order chi connectivity index (χ0) is 14.7. The van der Waals surface area contributed by atoms with E-state index >= 15 is 0 Å². The van der Waals surface area contributed by atoms with Gasteiger partial charge in [0.05, 0.1) is 12.8 Å². The second-order valence-corrected chi connectivity index (χ2v) is 5.09. The Labute approximate surface area is 123 Å². The minimum absolute atomic E-state index is 0.317. The minimum Gasteiger partial charge on any atom is -0.467 e. The molecule has 0 aromatic carbocycles. The number of imidazole rings is 1. The van der Waals surface area contributed by atoms with Crippen molar-refractivity contribution in [1.29, 1.82) is 0 Å². The maximum absolute atomic E-state index is 5.18. The summed E-state index contributed by atoms with van der Waals surface area (Å²) in [6.45, 7) is 2.91. The van der Waals surface area contributed by atoms with Crippen molar-refractivity contribution >= 4 is 5.95 Å². The number of nitrogens with one attached hydrogen (secondary N) is 1. The van der Waals surface area contributed by atoms with E-state index in [1.165, 1.54) is 18.5 Å². The Morgan fingerprint density at radius 1 is 1.24 bits per heavy atom. The van der Waals surface area contributed by atoms with E-state index in [2.05, 4.69) is 32.2 Å². The molecule has 0 bridgehead atoms. The van der Waals surface area contributed by atoms with Gasteiger partial charge in [0.1, 0.15) is 6.33 Å². The van der Waals surface area contributed by atoms with Crippen molar-refractivity contribution in [2.24, 2.45) is 0 Å². The fourth-order valence-corrected chi connectivity index (χ4v) is 2.50. The molecule has 7 heteroatoms. The lowest BCUT2D eigenvalue weighted by molar-refractivity contribution is 0.377. The molecular formula is C14H20N6O. The Kier molecular flexibility index (Phi) is 3.98. The normalized spacial score (nSPS) is 13.8. The van der Waals surface area contributed by atoms with Crippen LogP contribution in [-0.2, 0) is 12.8 Å². The highest BCUT2D eigenvalue weighted by Gasteiger charge is 2.18. The number of nitrogens with zero attached hydrogens (tertiary/aromatic N) is 5. The maximum atomic E-state index is 5.18. The van der Waals surface area contributed by atoms with Crippen molar-refractivity contribution in [2.75, 3.05) is 19.0 Å². The summed E-state index contributed by atoms with van der Waals surface area (Å²) in [6, 6.07) is 0.317. The summed E-state index contributed by atoms with van der Waals surface area (Å²) in [6.07, 6.45) is 7.24. The molecule has 2 aromatic rings. The summed E-state index contributed by atoms with van der Waals surface area (Å²) in [5.74, 6) is 1.10. The monoisotopic (exact) mass is 288 g/mol. The lowest BCUT2D eigenvalue weighted by Crippen LogP contribution is -2.13. The van der Waals surface area contributed by atoms with Gasteiger partial charge in [0.2, 0.25) is 11.9 Å². The Bertz CT molecular complexity index is 624. The van der Waals surface area contributed by atoms with E-state index in [1.807, 2.05) is 4.57 Å². The summed E-state index contributed by atoms with van der Waals surface area (Å²) in [7, 11) is 1.56. The molecule has 0 unspecified atom stereocenters. The van der Waals surface area contributed by atoms with Crippen molar-refractivity contribution < 1.29 is 4.74 Å². The van der Waals surface area contributed by atoms with Gasteiger partial charge in [-0.15, -0.1) is 0 Å². The van der Waals surface area contributed by atoms with E-state index in [4.69, 9.17) is 4.74 Å². The van der Waals surface area contributed by atoms with Crippen LogP contribution in [0.3, 0.4) is 0 Å². The number of hydrogen-bond acceptors (Lipinski definition) is 6. The number of rotatable bonds is 5. The van der Waals surface area contributed by atoms with E-state index in [-0.39, 0.29) is 0 Å².